The van der Waals surface area contributed by atoms with Gasteiger partial charge in [0.2, 0.25) is 0 Å². The first-order valence-corrected chi connectivity index (χ1v) is 16.1. The standard InChI is InChI=1S/C38H46N2O5/c1-4-22-40(33-11-7-8-12-33)25-35-27(3)36(30-16-14-28(26-41)15-17-30)45-37(44-35)31-20-18-29(19-21-31)34-13-9-6-10-32(34)24-39-38(42)43-23-5-2/h4-6,9-10,13-21,27,33,35-37,41H,1-2,7-8,11-12,22-26H2,3H3,(H,39,42)/t27-,35+,36+,37+/m0/s1. The van der Waals surface area contributed by atoms with Crippen LogP contribution in [0.1, 0.15) is 67.3 Å². The van der Waals surface area contributed by atoms with Gasteiger partial charge in [0.1, 0.15) is 6.61 Å². The fourth-order valence-electron chi connectivity index (χ4n) is 6.50. The van der Waals surface area contributed by atoms with E-state index in [1.165, 1.54) is 25.7 Å². The van der Waals surface area contributed by atoms with Crippen LogP contribution in [0.25, 0.3) is 11.1 Å². The van der Waals surface area contributed by atoms with Gasteiger partial charge in [-0.15, -0.1) is 6.58 Å². The minimum atomic E-state index is -0.534. The Labute approximate surface area is 267 Å². The van der Waals surface area contributed by atoms with Gasteiger partial charge in [-0.2, -0.15) is 0 Å². The summed E-state index contributed by atoms with van der Waals surface area (Å²) in [5.41, 5.74) is 5.96. The molecule has 2 N–H and O–H groups in total. The first kappa shape index (κ1) is 32.6. The number of amides is 1. The number of carbonyl (C=O) groups is 1. The number of alkyl carbamates (subject to hydrolysis) is 1. The van der Waals surface area contributed by atoms with Crippen LogP contribution in [0.5, 0.6) is 0 Å². The molecule has 1 aliphatic carbocycles. The van der Waals surface area contributed by atoms with Crippen molar-refractivity contribution in [2.24, 2.45) is 5.92 Å². The predicted molar refractivity (Wildman–Crippen MR) is 177 cm³/mol. The fraction of sp³-hybridized carbons (Fsp3) is 0.395. The molecule has 1 heterocycles. The lowest BCUT2D eigenvalue weighted by molar-refractivity contribution is -0.276. The average molecular weight is 611 g/mol. The Morgan fingerprint density at radius 2 is 1.69 bits per heavy atom. The molecular formula is C38H46N2O5. The molecule has 0 bridgehead atoms. The van der Waals surface area contributed by atoms with Gasteiger partial charge in [-0.05, 0) is 40.7 Å². The van der Waals surface area contributed by atoms with Gasteiger partial charge in [0, 0.05) is 37.2 Å². The van der Waals surface area contributed by atoms with Crippen LogP contribution < -0.4 is 5.32 Å². The van der Waals surface area contributed by atoms with Crippen molar-refractivity contribution in [1.82, 2.24) is 10.2 Å². The number of aliphatic hydroxyl groups excluding tert-OH is 1. The van der Waals surface area contributed by atoms with E-state index in [4.69, 9.17) is 14.2 Å². The maximum Gasteiger partial charge on any atom is 0.407 e. The van der Waals surface area contributed by atoms with Crippen molar-refractivity contribution >= 4 is 6.09 Å². The summed E-state index contributed by atoms with van der Waals surface area (Å²) in [5, 5.41) is 12.4. The van der Waals surface area contributed by atoms with E-state index in [1.54, 1.807) is 6.08 Å². The van der Waals surface area contributed by atoms with E-state index in [0.29, 0.717) is 12.6 Å². The minimum absolute atomic E-state index is 0.0125. The van der Waals surface area contributed by atoms with Gasteiger partial charge >= 0.3 is 6.09 Å². The zero-order valence-electron chi connectivity index (χ0n) is 26.3. The number of aliphatic hydroxyl groups is 1. The molecule has 1 amide bonds. The summed E-state index contributed by atoms with van der Waals surface area (Å²) in [5.74, 6) is 0.117. The number of nitrogens with zero attached hydrogens (tertiary/aromatic N) is 1. The Morgan fingerprint density at radius 1 is 0.978 bits per heavy atom. The Hall–Kier alpha value is -3.75. The number of rotatable bonds is 13. The largest absolute Gasteiger partial charge is 0.445 e. The fourth-order valence-corrected chi connectivity index (χ4v) is 6.50. The quantitative estimate of drug-likeness (QED) is 0.195. The van der Waals surface area contributed by atoms with Crippen molar-refractivity contribution in [1.29, 1.82) is 0 Å². The number of hydrogen-bond acceptors (Lipinski definition) is 6. The monoisotopic (exact) mass is 610 g/mol. The predicted octanol–water partition coefficient (Wildman–Crippen LogP) is 7.48. The summed E-state index contributed by atoms with van der Waals surface area (Å²) in [4.78, 5) is 14.5. The minimum Gasteiger partial charge on any atom is -0.445 e. The first-order valence-electron chi connectivity index (χ1n) is 16.1. The van der Waals surface area contributed by atoms with Crippen LogP contribution in [0.4, 0.5) is 4.79 Å². The third-order valence-electron chi connectivity index (χ3n) is 9.01. The summed E-state index contributed by atoms with van der Waals surface area (Å²) < 4.78 is 18.6. The van der Waals surface area contributed by atoms with Gasteiger partial charge in [0.25, 0.3) is 0 Å². The molecule has 0 radical (unpaired) electrons. The molecule has 1 saturated carbocycles. The van der Waals surface area contributed by atoms with Gasteiger partial charge in [-0.1, -0.05) is 111 Å². The van der Waals surface area contributed by atoms with Crippen molar-refractivity contribution in [3.8, 4) is 11.1 Å². The maximum atomic E-state index is 12.0. The van der Waals surface area contributed by atoms with Gasteiger partial charge in [-0.3, -0.25) is 4.90 Å². The SMILES string of the molecule is C=CCOC(=O)NCc1ccccc1-c1ccc([C@@H]2O[C@H](CN(CC=C)C3CCCC3)[C@H](C)[C@H](c3ccc(CO)cc3)O2)cc1. The molecule has 5 rings (SSSR count). The summed E-state index contributed by atoms with van der Waals surface area (Å²) in [6, 6.07) is 24.9. The Morgan fingerprint density at radius 3 is 2.38 bits per heavy atom. The van der Waals surface area contributed by atoms with Crippen molar-refractivity contribution in [2.75, 3.05) is 19.7 Å². The second kappa shape index (κ2) is 16.0. The molecule has 7 heteroatoms. The van der Waals surface area contributed by atoms with Gasteiger partial charge in [0.15, 0.2) is 6.29 Å². The van der Waals surface area contributed by atoms with Crippen molar-refractivity contribution in [3.05, 3.63) is 120 Å². The Bertz CT molecular complexity index is 1400. The molecule has 238 valence electrons. The van der Waals surface area contributed by atoms with E-state index in [1.807, 2.05) is 36.4 Å². The van der Waals surface area contributed by atoms with Gasteiger partial charge in [0.05, 0.1) is 18.8 Å². The molecule has 0 unspecified atom stereocenters. The summed E-state index contributed by atoms with van der Waals surface area (Å²) in [6.07, 6.45) is 7.31. The van der Waals surface area contributed by atoms with E-state index < -0.39 is 12.4 Å². The normalized spacial score (nSPS) is 21.8. The Balaban J connectivity index is 1.37. The smallest absolute Gasteiger partial charge is 0.407 e. The molecule has 1 aliphatic heterocycles. The number of hydrogen-bond donors (Lipinski definition) is 2. The number of ether oxygens (including phenoxy) is 3. The molecule has 2 aliphatic rings. The second-order valence-corrected chi connectivity index (χ2v) is 12.0. The molecule has 7 nitrogen and oxygen atoms in total. The van der Waals surface area contributed by atoms with E-state index in [9.17, 15) is 9.90 Å². The lowest BCUT2D eigenvalue weighted by atomic mass is 9.89. The molecule has 3 aromatic carbocycles. The topological polar surface area (TPSA) is 80.3 Å². The van der Waals surface area contributed by atoms with E-state index >= 15 is 0 Å². The molecule has 4 atom stereocenters. The van der Waals surface area contributed by atoms with E-state index in [2.05, 4.69) is 72.8 Å². The molecule has 45 heavy (non-hydrogen) atoms. The number of carbonyl (C=O) groups excluding carboxylic acids is 1. The third kappa shape index (κ3) is 8.30. The van der Waals surface area contributed by atoms with Crippen LogP contribution >= 0.6 is 0 Å². The first-order chi connectivity index (χ1) is 22.0. The number of benzene rings is 3. The highest BCUT2D eigenvalue weighted by molar-refractivity contribution is 5.70. The van der Waals surface area contributed by atoms with Crippen LogP contribution in [0.3, 0.4) is 0 Å². The highest BCUT2D eigenvalue weighted by atomic mass is 16.7. The third-order valence-corrected chi connectivity index (χ3v) is 9.01. The van der Waals surface area contributed by atoms with Crippen LogP contribution in [0.2, 0.25) is 0 Å². The highest BCUT2D eigenvalue weighted by Crippen LogP contribution is 2.42. The van der Waals surface area contributed by atoms with Gasteiger partial charge < -0.3 is 24.6 Å². The summed E-state index contributed by atoms with van der Waals surface area (Å²) >= 11 is 0. The molecule has 3 aromatic rings. The van der Waals surface area contributed by atoms with Crippen molar-refractivity contribution in [2.45, 2.75) is 70.3 Å². The van der Waals surface area contributed by atoms with E-state index in [-0.39, 0.29) is 31.3 Å². The molecule has 0 aromatic heterocycles. The van der Waals surface area contributed by atoms with Crippen molar-refractivity contribution in [3.63, 3.8) is 0 Å². The number of nitrogens with one attached hydrogen (secondary N) is 1. The van der Waals surface area contributed by atoms with Crippen molar-refractivity contribution < 1.29 is 24.1 Å². The zero-order valence-corrected chi connectivity index (χ0v) is 26.3. The van der Waals surface area contributed by atoms with E-state index in [0.717, 1.165) is 46.5 Å². The van der Waals surface area contributed by atoms with Crippen LogP contribution in [0.15, 0.2) is 98.1 Å². The summed E-state index contributed by atoms with van der Waals surface area (Å²) in [7, 11) is 0. The molecule has 0 spiro atoms. The molecule has 1 saturated heterocycles. The lowest BCUT2D eigenvalue weighted by Crippen LogP contribution is -2.47. The van der Waals surface area contributed by atoms with Gasteiger partial charge in [-0.25, -0.2) is 4.79 Å². The van der Waals surface area contributed by atoms with Crippen LogP contribution in [-0.2, 0) is 27.4 Å². The highest BCUT2D eigenvalue weighted by Gasteiger charge is 2.40. The lowest BCUT2D eigenvalue weighted by Gasteiger charge is -2.43. The molecule has 2 fully saturated rings. The average Bonchev–Trinajstić information content (AvgIpc) is 3.62. The second-order valence-electron chi connectivity index (χ2n) is 12.0. The van der Waals surface area contributed by atoms with Crippen LogP contribution in [0, 0.1) is 5.92 Å². The maximum absolute atomic E-state index is 12.0. The van der Waals surface area contributed by atoms with Crippen LogP contribution in [-0.4, -0.2) is 47.9 Å². The Kier molecular flexibility index (Phi) is 11.6. The zero-order chi connectivity index (χ0) is 31.6. The summed E-state index contributed by atoms with van der Waals surface area (Å²) in [6.45, 7) is 12.0. The molecular weight excluding hydrogens is 564 g/mol.